The molecule has 1 aromatic heterocycles. The third kappa shape index (κ3) is 3.34. The molecule has 1 amide bonds. The quantitative estimate of drug-likeness (QED) is 0.860. The van der Waals surface area contributed by atoms with Crippen molar-refractivity contribution in [3.05, 3.63) is 29.5 Å². The highest BCUT2D eigenvalue weighted by Gasteiger charge is 2.27. The lowest BCUT2D eigenvalue weighted by molar-refractivity contribution is -0.123. The van der Waals surface area contributed by atoms with E-state index in [2.05, 4.69) is 10.6 Å². The van der Waals surface area contributed by atoms with Gasteiger partial charge in [0.1, 0.15) is 17.1 Å². The highest BCUT2D eigenvalue weighted by atomic mass is 16.5. The number of nitrogens with one attached hydrogen (secondary N) is 2. The Kier molecular flexibility index (Phi) is 4.31. The van der Waals surface area contributed by atoms with Crippen LogP contribution >= 0.6 is 0 Å². The number of rotatable bonds is 6. The van der Waals surface area contributed by atoms with Crippen LogP contribution in [0.2, 0.25) is 0 Å². The molecule has 124 valence electrons. The second-order valence-corrected chi connectivity index (χ2v) is 6.35. The number of amides is 1. The smallest absolute Gasteiger partial charge is 0.237 e. The molecule has 0 aliphatic heterocycles. The third-order valence-corrected chi connectivity index (χ3v) is 4.39. The van der Waals surface area contributed by atoms with Gasteiger partial charge in [-0.25, -0.2) is 0 Å². The summed E-state index contributed by atoms with van der Waals surface area (Å²) in [5.74, 6) is 1.72. The van der Waals surface area contributed by atoms with Crippen LogP contribution in [0.15, 0.2) is 22.6 Å². The third-order valence-electron chi connectivity index (χ3n) is 4.39. The molecule has 1 aromatic carbocycles. The van der Waals surface area contributed by atoms with Gasteiger partial charge in [0.15, 0.2) is 0 Å². The molecule has 2 N–H and O–H groups in total. The summed E-state index contributed by atoms with van der Waals surface area (Å²) in [7, 11) is 1.65. The standard InChI is InChI=1S/C18H24N2O3/c1-10-15-9-14(22-4)7-8-16(15)23-17(10)11(2)19-12(3)18(21)20-13-5-6-13/h7-9,11-13,19H,5-6H2,1-4H3,(H,20,21)/t11-,12+/m0/s1. The minimum Gasteiger partial charge on any atom is -0.497 e. The second-order valence-electron chi connectivity index (χ2n) is 6.35. The van der Waals surface area contributed by atoms with E-state index < -0.39 is 0 Å². The minimum absolute atomic E-state index is 0.0478. The zero-order chi connectivity index (χ0) is 16.6. The van der Waals surface area contributed by atoms with Gasteiger partial charge in [-0.15, -0.1) is 0 Å². The molecule has 0 saturated heterocycles. The summed E-state index contributed by atoms with van der Waals surface area (Å²) in [5.41, 5.74) is 1.91. The minimum atomic E-state index is -0.257. The lowest BCUT2D eigenvalue weighted by Crippen LogP contribution is -2.43. The summed E-state index contributed by atoms with van der Waals surface area (Å²) in [6.45, 7) is 5.94. The predicted molar refractivity (Wildman–Crippen MR) is 89.7 cm³/mol. The van der Waals surface area contributed by atoms with Crippen LogP contribution in [0, 0.1) is 6.92 Å². The van der Waals surface area contributed by atoms with Crippen LogP contribution in [0.4, 0.5) is 0 Å². The van der Waals surface area contributed by atoms with Crippen LogP contribution in [0.1, 0.15) is 44.1 Å². The van der Waals surface area contributed by atoms with Gasteiger partial charge in [0.2, 0.25) is 5.91 Å². The molecular weight excluding hydrogens is 292 g/mol. The normalized spacial score (nSPS) is 17.0. The SMILES string of the molecule is COc1ccc2oc([C@H](C)N[C@H](C)C(=O)NC3CC3)c(C)c2c1. The first-order valence-electron chi connectivity index (χ1n) is 8.13. The van der Waals surface area contributed by atoms with Crippen LogP contribution in [0.3, 0.4) is 0 Å². The monoisotopic (exact) mass is 316 g/mol. The van der Waals surface area contributed by atoms with Gasteiger partial charge in [-0.2, -0.15) is 0 Å². The fourth-order valence-electron chi connectivity index (χ4n) is 2.84. The maximum atomic E-state index is 12.1. The van der Waals surface area contributed by atoms with Crippen LogP contribution < -0.4 is 15.4 Å². The zero-order valence-corrected chi connectivity index (χ0v) is 14.1. The number of carbonyl (C=O) groups excluding carboxylic acids is 1. The highest BCUT2D eigenvalue weighted by Crippen LogP contribution is 2.32. The van der Waals surface area contributed by atoms with E-state index in [0.29, 0.717) is 6.04 Å². The number of ether oxygens (including phenoxy) is 1. The maximum absolute atomic E-state index is 12.1. The summed E-state index contributed by atoms with van der Waals surface area (Å²) in [4.78, 5) is 12.1. The van der Waals surface area contributed by atoms with Crippen molar-refractivity contribution in [3.8, 4) is 5.75 Å². The molecule has 1 aliphatic carbocycles. The number of fused-ring (bicyclic) bond motifs is 1. The molecule has 1 saturated carbocycles. The Bertz CT molecular complexity index is 718. The molecule has 0 radical (unpaired) electrons. The van der Waals surface area contributed by atoms with E-state index in [0.717, 1.165) is 40.9 Å². The number of methoxy groups -OCH3 is 1. The van der Waals surface area contributed by atoms with Crippen molar-refractivity contribution in [1.29, 1.82) is 0 Å². The summed E-state index contributed by atoms with van der Waals surface area (Å²) >= 11 is 0. The molecule has 0 spiro atoms. The molecule has 5 heteroatoms. The molecule has 0 unspecified atom stereocenters. The van der Waals surface area contributed by atoms with Gasteiger partial charge in [-0.3, -0.25) is 10.1 Å². The Morgan fingerprint density at radius 3 is 2.74 bits per heavy atom. The van der Waals surface area contributed by atoms with Crippen molar-refractivity contribution in [3.63, 3.8) is 0 Å². The largest absolute Gasteiger partial charge is 0.497 e. The molecule has 0 bridgehead atoms. The van der Waals surface area contributed by atoms with Crippen LogP contribution in [0.5, 0.6) is 5.75 Å². The van der Waals surface area contributed by atoms with Gasteiger partial charge < -0.3 is 14.5 Å². The molecule has 1 heterocycles. The van der Waals surface area contributed by atoms with E-state index in [4.69, 9.17) is 9.15 Å². The van der Waals surface area contributed by atoms with Gasteiger partial charge in [-0.05, 0) is 51.8 Å². The summed E-state index contributed by atoms with van der Waals surface area (Å²) in [6, 6.07) is 5.86. The Morgan fingerprint density at radius 1 is 1.35 bits per heavy atom. The molecular formula is C18H24N2O3. The number of furan rings is 1. The lowest BCUT2D eigenvalue weighted by atomic mass is 10.1. The summed E-state index contributed by atoms with van der Waals surface area (Å²) in [6.07, 6.45) is 2.19. The second kappa shape index (κ2) is 6.24. The molecule has 3 rings (SSSR count). The molecule has 5 nitrogen and oxygen atoms in total. The predicted octanol–water partition coefficient (Wildman–Crippen LogP) is 3.07. The van der Waals surface area contributed by atoms with Crippen molar-refractivity contribution >= 4 is 16.9 Å². The molecule has 2 atom stereocenters. The van der Waals surface area contributed by atoms with E-state index >= 15 is 0 Å². The van der Waals surface area contributed by atoms with Crippen molar-refractivity contribution in [2.24, 2.45) is 0 Å². The fourth-order valence-corrected chi connectivity index (χ4v) is 2.84. The van der Waals surface area contributed by atoms with Crippen LogP contribution in [-0.2, 0) is 4.79 Å². The van der Waals surface area contributed by atoms with Gasteiger partial charge >= 0.3 is 0 Å². The average molecular weight is 316 g/mol. The molecule has 2 aromatic rings. The van der Waals surface area contributed by atoms with Crippen molar-refractivity contribution in [1.82, 2.24) is 10.6 Å². The van der Waals surface area contributed by atoms with Gasteiger partial charge in [-0.1, -0.05) is 0 Å². The van der Waals surface area contributed by atoms with Crippen molar-refractivity contribution in [2.75, 3.05) is 7.11 Å². The van der Waals surface area contributed by atoms with Gasteiger partial charge in [0.05, 0.1) is 19.2 Å². The average Bonchev–Trinajstić information content (AvgIpc) is 3.29. The van der Waals surface area contributed by atoms with Crippen LogP contribution in [0.25, 0.3) is 11.0 Å². The summed E-state index contributed by atoms with van der Waals surface area (Å²) in [5, 5.41) is 7.39. The maximum Gasteiger partial charge on any atom is 0.237 e. The Morgan fingerprint density at radius 2 is 2.09 bits per heavy atom. The zero-order valence-electron chi connectivity index (χ0n) is 14.1. The number of aryl methyl sites for hydroxylation is 1. The Balaban J connectivity index is 1.75. The van der Waals surface area contributed by atoms with Gasteiger partial charge in [0.25, 0.3) is 0 Å². The number of benzene rings is 1. The van der Waals surface area contributed by atoms with E-state index in [-0.39, 0.29) is 18.0 Å². The number of carbonyl (C=O) groups is 1. The Labute approximate surface area is 136 Å². The first-order valence-corrected chi connectivity index (χ1v) is 8.13. The van der Waals surface area contributed by atoms with E-state index in [1.807, 2.05) is 39.0 Å². The van der Waals surface area contributed by atoms with E-state index in [9.17, 15) is 4.79 Å². The van der Waals surface area contributed by atoms with Crippen molar-refractivity contribution < 1.29 is 13.9 Å². The van der Waals surface area contributed by atoms with Crippen LogP contribution in [-0.4, -0.2) is 25.1 Å². The highest BCUT2D eigenvalue weighted by molar-refractivity contribution is 5.84. The lowest BCUT2D eigenvalue weighted by Gasteiger charge is -2.18. The first-order chi connectivity index (χ1) is 11.0. The fraction of sp³-hybridized carbons (Fsp3) is 0.500. The van der Waals surface area contributed by atoms with E-state index in [1.54, 1.807) is 7.11 Å². The topological polar surface area (TPSA) is 63.5 Å². The van der Waals surface area contributed by atoms with Crippen molar-refractivity contribution in [2.45, 2.75) is 51.7 Å². The number of hydrogen-bond acceptors (Lipinski definition) is 4. The molecule has 1 fully saturated rings. The Hall–Kier alpha value is -2.01. The molecule has 1 aliphatic rings. The number of hydrogen-bond donors (Lipinski definition) is 2. The van der Waals surface area contributed by atoms with E-state index in [1.165, 1.54) is 0 Å². The first kappa shape index (κ1) is 15.9. The molecule has 23 heavy (non-hydrogen) atoms. The summed E-state index contributed by atoms with van der Waals surface area (Å²) < 4.78 is 11.3. The van der Waals surface area contributed by atoms with Gasteiger partial charge in [0, 0.05) is 17.0 Å².